The molecule has 1 saturated heterocycles. The predicted octanol–water partition coefficient (Wildman–Crippen LogP) is 4.42. The van der Waals surface area contributed by atoms with Gasteiger partial charge in [-0.2, -0.15) is 0 Å². The molecule has 0 atom stereocenters. The Morgan fingerprint density at radius 1 is 0.935 bits per heavy atom. The number of carbonyl (C=O) groups is 1. The van der Waals surface area contributed by atoms with Crippen LogP contribution < -0.4 is 0 Å². The number of rotatable bonds is 5. The monoisotopic (exact) mass is 430 g/mol. The molecule has 1 aliphatic rings. The van der Waals surface area contributed by atoms with Crippen molar-refractivity contribution in [3.8, 4) is 22.6 Å². The van der Waals surface area contributed by atoms with Crippen LogP contribution in [0.1, 0.15) is 15.5 Å². The van der Waals surface area contributed by atoms with Crippen molar-refractivity contribution in [3.05, 3.63) is 82.8 Å². The molecule has 0 aliphatic carbocycles. The van der Waals surface area contributed by atoms with Gasteiger partial charge in [0.2, 0.25) is 0 Å². The molecule has 3 heterocycles. The quantitative estimate of drug-likeness (QED) is 0.469. The minimum atomic E-state index is -0.0776. The minimum absolute atomic E-state index is 0.0776. The van der Waals surface area contributed by atoms with Crippen LogP contribution in [-0.2, 0) is 6.54 Å². The Kier molecular flexibility index (Phi) is 5.60. The van der Waals surface area contributed by atoms with Gasteiger partial charge in [-0.25, -0.2) is 4.98 Å². The number of amides is 1. The maximum Gasteiger partial charge on any atom is 0.276 e. The van der Waals surface area contributed by atoms with Crippen molar-refractivity contribution < 1.29 is 9.32 Å². The number of carbonyl (C=O) groups excluding carboxylic acids is 1. The van der Waals surface area contributed by atoms with Crippen LogP contribution in [0.2, 0.25) is 0 Å². The fourth-order valence-corrected chi connectivity index (χ4v) is 4.55. The van der Waals surface area contributed by atoms with E-state index in [1.54, 1.807) is 17.4 Å². The maximum absolute atomic E-state index is 12.8. The Morgan fingerprint density at radius 3 is 2.32 bits per heavy atom. The third-order valence-electron chi connectivity index (χ3n) is 5.43. The lowest BCUT2D eigenvalue weighted by molar-refractivity contribution is 0.0618. The van der Waals surface area contributed by atoms with E-state index in [1.807, 2.05) is 53.4 Å². The van der Waals surface area contributed by atoms with Gasteiger partial charge in [-0.1, -0.05) is 65.8 Å². The van der Waals surface area contributed by atoms with Gasteiger partial charge in [0, 0.05) is 48.8 Å². The van der Waals surface area contributed by atoms with Gasteiger partial charge in [0.05, 0.1) is 12.2 Å². The molecular formula is C24H22N4O2S. The van der Waals surface area contributed by atoms with Crippen molar-refractivity contribution in [2.24, 2.45) is 0 Å². The van der Waals surface area contributed by atoms with E-state index in [4.69, 9.17) is 9.51 Å². The van der Waals surface area contributed by atoms with Gasteiger partial charge in [-0.05, 0) is 0 Å². The fraction of sp³-hybridized carbons (Fsp3) is 0.208. The molecule has 31 heavy (non-hydrogen) atoms. The first-order valence-electron chi connectivity index (χ1n) is 10.3. The number of nitrogens with zero attached hydrogens (tertiary/aromatic N) is 4. The van der Waals surface area contributed by atoms with Crippen LogP contribution in [0.3, 0.4) is 0 Å². The van der Waals surface area contributed by atoms with Gasteiger partial charge in [0.1, 0.15) is 5.01 Å². The molecule has 0 unspecified atom stereocenters. The second kappa shape index (κ2) is 8.83. The molecule has 0 N–H and O–H groups in total. The zero-order valence-corrected chi connectivity index (χ0v) is 17.8. The third-order valence-corrected chi connectivity index (χ3v) is 6.26. The molecule has 0 radical (unpaired) electrons. The lowest BCUT2D eigenvalue weighted by atomic mass is 10.1. The molecule has 4 aromatic rings. The van der Waals surface area contributed by atoms with E-state index in [1.165, 1.54) is 0 Å². The summed E-state index contributed by atoms with van der Waals surface area (Å²) in [6.07, 6.45) is 0. The number of piperazine rings is 1. The van der Waals surface area contributed by atoms with Gasteiger partial charge in [0.25, 0.3) is 5.91 Å². The summed E-state index contributed by atoms with van der Waals surface area (Å²) in [6, 6.07) is 21.7. The molecule has 2 aromatic heterocycles. The molecule has 0 saturated carbocycles. The molecule has 1 fully saturated rings. The van der Waals surface area contributed by atoms with Gasteiger partial charge in [-0.15, -0.1) is 11.3 Å². The summed E-state index contributed by atoms with van der Waals surface area (Å²) < 4.78 is 5.39. The van der Waals surface area contributed by atoms with Crippen molar-refractivity contribution in [2.75, 3.05) is 26.2 Å². The average molecular weight is 431 g/mol. The summed E-state index contributed by atoms with van der Waals surface area (Å²) in [5.74, 6) is 0.534. The summed E-state index contributed by atoms with van der Waals surface area (Å²) in [5.41, 5.74) is 3.44. The lowest BCUT2D eigenvalue weighted by Gasteiger charge is -2.33. The topological polar surface area (TPSA) is 62.5 Å². The SMILES string of the molecule is O=C(c1cc(-c2ccccc2)on1)N1CCN(Cc2nc(-c3ccccc3)cs2)CC1. The first kappa shape index (κ1) is 19.7. The third kappa shape index (κ3) is 4.42. The van der Waals surface area contributed by atoms with E-state index >= 15 is 0 Å². The Bertz CT molecular complexity index is 1150. The van der Waals surface area contributed by atoms with Crippen molar-refractivity contribution in [1.29, 1.82) is 0 Å². The Morgan fingerprint density at radius 2 is 1.61 bits per heavy atom. The first-order valence-corrected chi connectivity index (χ1v) is 11.2. The second-order valence-corrected chi connectivity index (χ2v) is 8.45. The van der Waals surface area contributed by atoms with Crippen molar-refractivity contribution in [1.82, 2.24) is 19.9 Å². The fourth-order valence-electron chi connectivity index (χ4n) is 3.70. The molecule has 7 heteroatoms. The van der Waals surface area contributed by atoms with Crippen LogP contribution in [0.25, 0.3) is 22.6 Å². The van der Waals surface area contributed by atoms with Gasteiger partial charge >= 0.3 is 0 Å². The Labute approximate surface area is 184 Å². The smallest absolute Gasteiger partial charge is 0.276 e. The highest BCUT2D eigenvalue weighted by Gasteiger charge is 2.25. The van der Waals surface area contributed by atoms with Crippen molar-refractivity contribution in [3.63, 3.8) is 0 Å². The maximum atomic E-state index is 12.8. The second-order valence-electron chi connectivity index (χ2n) is 7.50. The molecule has 5 rings (SSSR count). The van der Waals surface area contributed by atoms with Gasteiger partial charge in [0.15, 0.2) is 11.5 Å². The summed E-state index contributed by atoms with van der Waals surface area (Å²) >= 11 is 1.69. The highest BCUT2D eigenvalue weighted by Crippen LogP contribution is 2.23. The standard InChI is InChI=1S/C24H22N4O2S/c29-24(20-15-22(30-26-20)19-9-5-2-6-10-19)28-13-11-27(12-14-28)16-23-25-21(17-31-23)18-7-3-1-4-8-18/h1-10,15,17H,11-14,16H2. The largest absolute Gasteiger partial charge is 0.355 e. The molecule has 6 nitrogen and oxygen atoms in total. The summed E-state index contributed by atoms with van der Waals surface area (Å²) in [4.78, 5) is 21.8. The number of hydrogen-bond donors (Lipinski definition) is 0. The van der Waals surface area contributed by atoms with E-state index in [9.17, 15) is 4.79 Å². The molecule has 1 aliphatic heterocycles. The highest BCUT2D eigenvalue weighted by atomic mass is 32.1. The molecule has 1 amide bonds. The van der Waals surface area contributed by atoms with Crippen molar-refractivity contribution >= 4 is 17.2 Å². The molecule has 0 spiro atoms. The van der Waals surface area contributed by atoms with Gasteiger partial charge < -0.3 is 9.42 Å². The van der Waals surface area contributed by atoms with Crippen LogP contribution in [-0.4, -0.2) is 52.0 Å². The predicted molar refractivity (Wildman–Crippen MR) is 121 cm³/mol. The first-order chi connectivity index (χ1) is 15.3. The molecule has 0 bridgehead atoms. The lowest BCUT2D eigenvalue weighted by Crippen LogP contribution is -2.48. The summed E-state index contributed by atoms with van der Waals surface area (Å²) in [5, 5.41) is 7.21. The Hall–Kier alpha value is -3.29. The van der Waals surface area contributed by atoms with Crippen molar-refractivity contribution in [2.45, 2.75) is 6.54 Å². The van der Waals surface area contributed by atoms with E-state index in [2.05, 4.69) is 27.6 Å². The Balaban J connectivity index is 1.17. The van der Waals surface area contributed by atoms with E-state index in [-0.39, 0.29) is 5.91 Å². The zero-order chi connectivity index (χ0) is 21.0. The molecular weight excluding hydrogens is 408 g/mol. The van der Waals surface area contributed by atoms with Crippen LogP contribution in [0.4, 0.5) is 0 Å². The highest BCUT2D eigenvalue weighted by molar-refractivity contribution is 7.09. The number of hydrogen-bond acceptors (Lipinski definition) is 6. The molecule has 2 aromatic carbocycles. The van der Waals surface area contributed by atoms with E-state index in [0.29, 0.717) is 24.5 Å². The van der Waals surface area contributed by atoms with Gasteiger partial charge in [-0.3, -0.25) is 9.69 Å². The summed E-state index contributed by atoms with van der Waals surface area (Å²) in [7, 11) is 0. The zero-order valence-electron chi connectivity index (χ0n) is 17.0. The number of aromatic nitrogens is 2. The van der Waals surface area contributed by atoms with E-state index < -0.39 is 0 Å². The van der Waals surface area contributed by atoms with Crippen LogP contribution >= 0.6 is 11.3 Å². The minimum Gasteiger partial charge on any atom is -0.355 e. The van der Waals surface area contributed by atoms with E-state index in [0.717, 1.165) is 41.5 Å². The summed E-state index contributed by atoms with van der Waals surface area (Å²) in [6.45, 7) is 3.78. The number of thiazole rings is 1. The van der Waals surface area contributed by atoms with Crippen LogP contribution in [0.15, 0.2) is 76.6 Å². The van der Waals surface area contributed by atoms with Crippen LogP contribution in [0, 0.1) is 0 Å². The normalized spacial score (nSPS) is 14.6. The number of benzene rings is 2. The average Bonchev–Trinajstić information content (AvgIpc) is 3.51. The van der Waals surface area contributed by atoms with Crippen LogP contribution in [0.5, 0.6) is 0 Å². The molecule has 156 valence electrons.